The molecule has 0 aliphatic heterocycles. The van der Waals surface area contributed by atoms with Gasteiger partial charge in [-0.15, -0.1) is 0 Å². The van der Waals surface area contributed by atoms with Crippen molar-refractivity contribution in [3.8, 4) is 5.75 Å². The van der Waals surface area contributed by atoms with Gasteiger partial charge in [-0.25, -0.2) is 0 Å². The highest BCUT2D eigenvalue weighted by molar-refractivity contribution is 7.80. The Labute approximate surface area is 133 Å². The second-order valence-corrected chi connectivity index (χ2v) is 5.18. The van der Waals surface area contributed by atoms with E-state index in [1.54, 1.807) is 6.07 Å². The zero-order valence-electron chi connectivity index (χ0n) is 11.9. The highest BCUT2D eigenvalue weighted by atomic mass is 32.1. The molecule has 0 aliphatic carbocycles. The lowest BCUT2D eigenvalue weighted by molar-refractivity contribution is -0.385. The minimum absolute atomic E-state index is 0.120. The molecule has 0 aromatic heterocycles. The quantitative estimate of drug-likeness (QED) is 0.367. The number of hydrogen-bond acceptors (Lipinski definition) is 4. The molecule has 0 atom stereocenters. The van der Waals surface area contributed by atoms with Gasteiger partial charge in [0.1, 0.15) is 4.99 Å². The van der Waals surface area contributed by atoms with Crippen molar-refractivity contribution in [2.24, 2.45) is 5.73 Å². The summed E-state index contributed by atoms with van der Waals surface area (Å²) < 4.78 is 5.53. The van der Waals surface area contributed by atoms with Crippen molar-refractivity contribution in [2.45, 2.75) is 12.8 Å². The second-order valence-electron chi connectivity index (χ2n) is 4.74. The predicted molar refractivity (Wildman–Crippen MR) is 89.2 cm³/mol. The van der Waals surface area contributed by atoms with Crippen LogP contribution in [-0.2, 0) is 6.42 Å². The minimum atomic E-state index is -0.492. The molecule has 5 nitrogen and oxygen atoms in total. The zero-order valence-corrected chi connectivity index (χ0v) is 12.7. The van der Waals surface area contributed by atoms with Crippen molar-refractivity contribution in [3.05, 3.63) is 69.8 Å². The van der Waals surface area contributed by atoms with E-state index >= 15 is 0 Å². The molecule has 0 spiro atoms. The molecule has 0 fully saturated rings. The van der Waals surface area contributed by atoms with Gasteiger partial charge in [0.25, 0.3) is 0 Å². The predicted octanol–water partition coefficient (Wildman–Crippen LogP) is 3.24. The van der Waals surface area contributed by atoms with Crippen LogP contribution in [0.2, 0.25) is 0 Å². The fourth-order valence-corrected chi connectivity index (χ4v) is 2.17. The summed E-state index contributed by atoms with van der Waals surface area (Å²) in [6.07, 6.45) is 1.64. The SMILES string of the molecule is NC(=S)c1ccc(OCCCc2ccccc2)c([N+](=O)[O-])c1. The van der Waals surface area contributed by atoms with Gasteiger partial charge in [-0.05, 0) is 30.5 Å². The molecule has 2 aromatic rings. The normalized spacial score (nSPS) is 10.2. The van der Waals surface area contributed by atoms with Crippen LogP contribution in [0.3, 0.4) is 0 Å². The Balaban J connectivity index is 1.97. The fourth-order valence-electron chi connectivity index (χ4n) is 2.04. The molecule has 2 aromatic carbocycles. The summed E-state index contributed by atoms with van der Waals surface area (Å²) in [5, 5.41) is 11.1. The average Bonchev–Trinajstić information content (AvgIpc) is 2.52. The maximum absolute atomic E-state index is 11.1. The number of nitro benzene ring substituents is 1. The van der Waals surface area contributed by atoms with Crippen LogP contribution in [0.25, 0.3) is 0 Å². The van der Waals surface area contributed by atoms with Crippen molar-refractivity contribution < 1.29 is 9.66 Å². The minimum Gasteiger partial charge on any atom is -0.487 e. The molecule has 0 saturated heterocycles. The van der Waals surface area contributed by atoms with E-state index in [1.807, 2.05) is 30.3 Å². The van der Waals surface area contributed by atoms with Gasteiger partial charge < -0.3 is 10.5 Å². The smallest absolute Gasteiger partial charge is 0.311 e. The number of hydrogen-bond donors (Lipinski definition) is 1. The molecule has 22 heavy (non-hydrogen) atoms. The third-order valence-corrected chi connectivity index (χ3v) is 3.39. The van der Waals surface area contributed by atoms with E-state index < -0.39 is 4.92 Å². The van der Waals surface area contributed by atoms with Gasteiger partial charge in [-0.3, -0.25) is 10.1 Å². The van der Waals surface area contributed by atoms with Crippen LogP contribution in [0.15, 0.2) is 48.5 Å². The van der Waals surface area contributed by atoms with E-state index in [-0.39, 0.29) is 16.4 Å². The summed E-state index contributed by atoms with van der Waals surface area (Å²) in [4.78, 5) is 10.7. The molecule has 6 heteroatoms. The lowest BCUT2D eigenvalue weighted by atomic mass is 10.1. The largest absolute Gasteiger partial charge is 0.487 e. The summed E-state index contributed by atoms with van der Waals surface area (Å²) in [6, 6.07) is 14.5. The van der Waals surface area contributed by atoms with Crippen LogP contribution >= 0.6 is 12.2 Å². The van der Waals surface area contributed by atoms with Crippen molar-refractivity contribution in [3.63, 3.8) is 0 Å². The molecule has 0 amide bonds. The summed E-state index contributed by atoms with van der Waals surface area (Å²) in [7, 11) is 0. The Morgan fingerprint density at radius 3 is 2.59 bits per heavy atom. The molecule has 0 unspecified atom stereocenters. The van der Waals surface area contributed by atoms with Crippen molar-refractivity contribution in [1.29, 1.82) is 0 Å². The summed E-state index contributed by atoms with van der Waals surface area (Å²) in [5.74, 6) is 0.234. The van der Waals surface area contributed by atoms with Gasteiger partial charge in [0.2, 0.25) is 0 Å². The number of ether oxygens (including phenoxy) is 1. The molecule has 0 heterocycles. The molecular formula is C16H16N2O3S. The summed E-state index contributed by atoms with van der Waals surface area (Å²) in [6.45, 7) is 0.405. The first-order valence-corrected chi connectivity index (χ1v) is 7.23. The first kappa shape index (κ1) is 15.9. The van der Waals surface area contributed by atoms with Crippen LogP contribution in [0, 0.1) is 10.1 Å². The van der Waals surface area contributed by atoms with Crippen LogP contribution in [0.4, 0.5) is 5.69 Å². The lowest BCUT2D eigenvalue weighted by Gasteiger charge is -2.08. The van der Waals surface area contributed by atoms with Crippen LogP contribution < -0.4 is 10.5 Å². The lowest BCUT2D eigenvalue weighted by Crippen LogP contribution is -2.10. The van der Waals surface area contributed by atoms with Gasteiger partial charge in [0, 0.05) is 11.6 Å². The number of benzene rings is 2. The number of nitrogens with two attached hydrogens (primary N) is 1. The highest BCUT2D eigenvalue weighted by Gasteiger charge is 2.16. The van der Waals surface area contributed by atoms with E-state index in [1.165, 1.54) is 17.7 Å². The fraction of sp³-hybridized carbons (Fsp3) is 0.188. The second kappa shape index (κ2) is 7.51. The van der Waals surface area contributed by atoms with Gasteiger partial charge in [-0.1, -0.05) is 42.5 Å². The Morgan fingerprint density at radius 1 is 1.23 bits per heavy atom. The third-order valence-electron chi connectivity index (χ3n) is 3.15. The molecule has 0 radical (unpaired) electrons. The van der Waals surface area contributed by atoms with Crippen molar-refractivity contribution >= 4 is 22.9 Å². The molecule has 2 N–H and O–H groups in total. The van der Waals surface area contributed by atoms with E-state index in [0.717, 1.165) is 12.8 Å². The molecular weight excluding hydrogens is 300 g/mol. The van der Waals surface area contributed by atoms with E-state index in [0.29, 0.717) is 12.2 Å². The molecule has 2 rings (SSSR count). The Hall–Kier alpha value is -2.47. The summed E-state index contributed by atoms with van der Waals surface area (Å²) >= 11 is 4.83. The highest BCUT2D eigenvalue weighted by Crippen LogP contribution is 2.28. The average molecular weight is 316 g/mol. The molecule has 0 bridgehead atoms. The van der Waals surface area contributed by atoms with Crippen LogP contribution in [0.1, 0.15) is 17.5 Å². The summed E-state index contributed by atoms with van der Waals surface area (Å²) in [5.41, 5.74) is 7.04. The Kier molecular flexibility index (Phi) is 5.43. The number of thiocarbonyl (C=S) groups is 1. The maximum atomic E-state index is 11.1. The number of nitrogens with zero attached hydrogens (tertiary/aromatic N) is 1. The van der Waals surface area contributed by atoms with E-state index in [9.17, 15) is 10.1 Å². The first-order chi connectivity index (χ1) is 10.6. The van der Waals surface area contributed by atoms with E-state index in [4.69, 9.17) is 22.7 Å². The third kappa shape index (κ3) is 4.26. The number of nitro groups is 1. The first-order valence-electron chi connectivity index (χ1n) is 6.83. The van der Waals surface area contributed by atoms with E-state index in [2.05, 4.69) is 0 Å². The Morgan fingerprint density at radius 2 is 1.95 bits per heavy atom. The molecule has 0 aliphatic rings. The Bertz CT molecular complexity index is 674. The van der Waals surface area contributed by atoms with Crippen LogP contribution in [-0.4, -0.2) is 16.5 Å². The van der Waals surface area contributed by atoms with Crippen molar-refractivity contribution in [1.82, 2.24) is 0 Å². The van der Waals surface area contributed by atoms with Gasteiger partial charge in [0.15, 0.2) is 5.75 Å². The van der Waals surface area contributed by atoms with Gasteiger partial charge in [-0.2, -0.15) is 0 Å². The number of aryl methyl sites for hydroxylation is 1. The molecule has 0 saturated carbocycles. The topological polar surface area (TPSA) is 78.4 Å². The van der Waals surface area contributed by atoms with Gasteiger partial charge in [0.05, 0.1) is 11.5 Å². The monoisotopic (exact) mass is 316 g/mol. The molecule has 114 valence electrons. The van der Waals surface area contributed by atoms with Crippen LogP contribution in [0.5, 0.6) is 5.75 Å². The standard InChI is InChI=1S/C16H16N2O3S/c17-16(22)13-8-9-15(14(11-13)18(19)20)21-10-4-7-12-5-2-1-3-6-12/h1-3,5-6,8-9,11H,4,7,10H2,(H2,17,22). The zero-order chi connectivity index (χ0) is 15.9. The van der Waals surface area contributed by atoms with Crippen molar-refractivity contribution in [2.75, 3.05) is 6.61 Å². The maximum Gasteiger partial charge on any atom is 0.311 e. The van der Waals surface area contributed by atoms with Gasteiger partial charge >= 0.3 is 5.69 Å². The number of rotatable bonds is 7.